The van der Waals surface area contributed by atoms with E-state index < -0.39 is 0 Å². The highest BCUT2D eigenvalue weighted by Crippen LogP contribution is 2.11. The van der Waals surface area contributed by atoms with Gasteiger partial charge in [0.1, 0.15) is 0 Å². The van der Waals surface area contributed by atoms with E-state index in [1.807, 2.05) is 12.1 Å². The highest BCUT2D eigenvalue weighted by molar-refractivity contribution is 5.60. The van der Waals surface area contributed by atoms with Crippen molar-refractivity contribution in [1.29, 1.82) is 0 Å². The van der Waals surface area contributed by atoms with Gasteiger partial charge in [0.25, 0.3) is 0 Å². The molecule has 0 spiro atoms. The van der Waals surface area contributed by atoms with Gasteiger partial charge < -0.3 is 15.1 Å². The second kappa shape index (κ2) is 7.99. The molecule has 1 aromatic rings. The Morgan fingerprint density at radius 2 is 2.25 bits per heavy atom. The van der Waals surface area contributed by atoms with Gasteiger partial charge >= 0.3 is 0 Å². The average Bonchev–Trinajstić information content (AvgIpc) is 2.49. The van der Waals surface area contributed by atoms with Crippen LogP contribution in [0.25, 0.3) is 5.70 Å². The molecular weight excluding hydrogens is 252 g/mol. The number of pyridine rings is 1. The monoisotopic (exact) mass is 276 g/mol. The van der Waals surface area contributed by atoms with Crippen LogP contribution >= 0.6 is 0 Å². The maximum atomic E-state index is 5.25. The molecule has 5 heteroatoms. The van der Waals surface area contributed by atoms with Crippen LogP contribution in [-0.4, -0.2) is 42.2 Å². The van der Waals surface area contributed by atoms with Gasteiger partial charge in [0.2, 0.25) is 0 Å². The second-order valence-electron chi connectivity index (χ2n) is 5.26. The minimum absolute atomic E-state index is 0.144. The van der Waals surface area contributed by atoms with Gasteiger partial charge in [-0.3, -0.25) is 4.98 Å². The van der Waals surface area contributed by atoms with E-state index in [1.165, 1.54) is 19.3 Å². The van der Waals surface area contributed by atoms with E-state index in [0.29, 0.717) is 6.61 Å². The van der Waals surface area contributed by atoms with Crippen LogP contribution in [0.15, 0.2) is 31.1 Å². The molecule has 2 heterocycles. The molecule has 20 heavy (non-hydrogen) atoms. The third-order valence-corrected chi connectivity index (χ3v) is 3.61. The largest absolute Gasteiger partial charge is 0.379 e. The molecule has 0 radical (unpaired) electrons. The molecule has 2 rings (SSSR count). The number of nitrogens with zero attached hydrogens (tertiary/aromatic N) is 2. The zero-order chi connectivity index (χ0) is 14.2. The van der Waals surface area contributed by atoms with Crippen LogP contribution in [0, 0.1) is 0 Å². The van der Waals surface area contributed by atoms with Gasteiger partial charge in [-0.15, -0.1) is 0 Å². The minimum atomic E-state index is 0.144. The lowest BCUT2D eigenvalue weighted by atomic mass is 10.1. The summed E-state index contributed by atoms with van der Waals surface area (Å²) < 4.78 is 0. The van der Waals surface area contributed by atoms with Crippen molar-refractivity contribution in [3.05, 3.63) is 36.7 Å². The van der Waals surface area contributed by atoms with E-state index in [1.54, 1.807) is 12.4 Å². The van der Waals surface area contributed by atoms with Crippen molar-refractivity contribution in [1.82, 2.24) is 15.2 Å². The molecular formula is C15H24N4O. The number of piperidine rings is 1. The lowest BCUT2D eigenvalue weighted by molar-refractivity contribution is 0.0979. The smallest absolute Gasteiger partial charge is 0.0893 e. The molecule has 1 fully saturated rings. The highest BCUT2D eigenvalue weighted by Gasteiger charge is 2.17. The number of hydrogen-bond acceptors (Lipinski definition) is 5. The Morgan fingerprint density at radius 3 is 2.90 bits per heavy atom. The standard InChI is InChI=1S/C15H24N4O/c1-13(14-6-5-7-17-10-14)18-15(12-20-16)11-19-8-3-2-4-9-19/h5-7,10,15,18H,1-4,8-9,11-12,16H2. The van der Waals surface area contributed by atoms with Crippen LogP contribution in [0.4, 0.5) is 0 Å². The van der Waals surface area contributed by atoms with Crippen molar-refractivity contribution < 1.29 is 4.84 Å². The van der Waals surface area contributed by atoms with Crippen molar-refractivity contribution in [2.24, 2.45) is 5.90 Å². The fourth-order valence-electron chi connectivity index (χ4n) is 2.58. The lowest BCUT2D eigenvalue weighted by Crippen LogP contribution is -2.45. The summed E-state index contributed by atoms with van der Waals surface area (Å²) in [5.41, 5.74) is 1.85. The normalized spacial score (nSPS) is 17.6. The maximum absolute atomic E-state index is 5.25. The van der Waals surface area contributed by atoms with E-state index in [0.717, 1.165) is 30.9 Å². The molecule has 1 aliphatic heterocycles. The fraction of sp³-hybridized carbons (Fsp3) is 0.533. The van der Waals surface area contributed by atoms with E-state index in [4.69, 9.17) is 10.7 Å². The Bertz CT molecular complexity index is 404. The van der Waals surface area contributed by atoms with Crippen molar-refractivity contribution in [3.8, 4) is 0 Å². The topological polar surface area (TPSA) is 63.4 Å². The van der Waals surface area contributed by atoms with Crippen molar-refractivity contribution in [2.45, 2.75) is 25.3 Å². The lowest BCUT2D eigenvalue weighted by Gasteiger charge is -2.31. The minimum Gasteiger partial charge on any atom is -0.379 e. The molecule has 0 saturated carbocycles. The maximum Gasteiger partial charge on any atom is 0.0893 e. The first-order valence-electron chi connectivity index (χ1n) is 7.19. The van der Waals surface area contributed by atoms with Crippen LogP contribution in [0.2, 0.25) is 0 Å². The summed E-state index contributed by atoms with van der Waals surface area (Å²) in [4.78, 5) is 11.4. The number of nitrogens with one attached hydrogen (secondary N) is 1. The van der Waals surface area contributed by atoms with Crippen LogP contribution in [-0.2, 0) is 4.84 Å². The predicted octanol–water partition coefficient (Wildman–Crippen LogP) is 1.39. The van der Waals surface area contributed by atoms with Gasteiger partial charge in [-0.1, -0.05) is 13.0 Å². The Kier molecular flexibility index (Phi) is 5.98. The molecule has 1 atom stereocenters. The van der Waals surface area contributed by atoms with E-state index in [9.17, 15) is 0 Å². The summed E-state index contributed by atoms with van der Waals surface area (Å²) in [5.74, 6) is 5.25. The van der Waals surface area contributed by atoms with Gasteiger partial charge in [0.15, 0.2) is 0 Å². The molecule has 1 aromatic heterocycles. The Morgan fingerprint density at radius 1 is 1.45 bits per heavy atom. The SMILES string of the molecule is C=C(NC(CON)CN1CCCCC1)c1cccnc1. The average molecular weight is 276 g/mol. The van der Waals surface area contributed by atoms with Gasteiger partial charge in [-0.25, -0.2) is 5.90 Å². The molecule has 1 unspecified atom stereocenters. The number of rotatable bonds is 7. The summed E-state index contributed by atoms with van der Waals surface area (Å²) in [6.45, 7) is 7.78. The van der Waals surface area contributed by atoms with E-state index in [2.05, 4.69) is 21.8 Å². The molecule has 5 nitrogen and oxygen atoms in total. The molecule has 1 saturated heterocycles. The van der Waals surface area contributed by atoms with Gasteiger partial charge in [-0.2, -0.15) is 0 Å². The molecule has 0 aliphatic carbocycles. The van der Waals surface area contributed by atoms with Crippen LogP contribution in [0.1, 0.15) is 24.8 Å². The summed E-state index contributed by atoms with van der Waals surface area (Å²) >= 11 is 0. The highest BCUT2D eigenvalue weighted by atomic mass is 16.6. The molecule has 110 valence electrons. The molecule has 0 amide bonds. The first kappa shape index (κ1) is 15.0. The fourth-order valence-corrected chi connectivity index (χ4v) is 2.58. The van der Waals surface area contributed by atoms with Gasteiger partial charge in [-0.05, 0) is 38.1 Å². The van der Waals surface area contributed by atoms with Gasteiger partial charge in [0, 0.05) is 30.2 Å². The molecule has 3 N–H and O–H groups in total. The van der Waals surface area contributed by atoms with Crippen molar-refractivity contribution >= 4 is 5.70 Å². The molecule has 0 aromatic carbocycles. The Hall–Kier alpha value is -1.43. The van der Waals surface area contributed by atoms with Crippen LogP contribution in [0.3, 0.4) is 0 Å². The summed E-state index contributed by atoms with van der Waals surface area (Å²) in [7, 11) is 0. The second-order valence-corrected chi connectivity index (χ2v) is 5.26. The molecule has 0 bridgehead atoms. The molecule has 1 aliphatic rings. The van der Waals surface area contributed by atoms with Crippen molar-refractivity contribution in [3.63, 3.8) is 0 Å². The Labute approximate surface area is 120 Å². The van der Waals surface area contributed by atoms with E-state index >= 15 is 0 Å². The predicted molar refractivity (Wildman–Crippen MR) is 80.6 cm³/mol. The number of likely N-dealkylation sites (tertiary alicyclic amines) is 1. The van der Waals surface area contributed by atoms with Gasteiger partial charge in [0.05, 0.1) is 12.6 Å². The number of aromatic nitrogens is 1. The first-order chi connectivity index (χ1) is 9.79. The number of nitrogens with two attached hydrogens (primary N) is 1. The summed E-state index contributed by atoms with van der Waals surface area (Å²) in [5, 5.41) is 3.40. The Balaban J connectivity index is 1.89. The van der Waals surface area contributed by atoms with Crippen LogP contribution in [0.5, 0.6) is 0 Å². The number of hydrogen-bond donors (Lipinski definition) is 2. The van der Waals surface area contributed by atoms with E-state index in [-0.39, 0.29) is 6.04 Å². The summed E-state index contributed by atoms with van der Waals surface area (Å²) in [6, 6.07) is 4.04. The quantitative estimate of drug-likeness (QED) is 0.737. The zero-order valence-corrected chi connectivity index (χ0v) is 11.9. The first-order valence-corrected chi connectivity index (χ1v) is 7.19. The zero-order valence-electron chi connectivity index (χ0n) is 11.9. The van der Waals surface area contributed by atoms with Crippen molar-refractivity contribution in [2.75, 3.05) is 26.2 Å². The van der Waals surface area contributed by atoms with Crippen LogP contribution < -0.4 is 11.2 Å². The summed E-state index contributed by atoms with van der Waals surface area (Å²) in [6.07, 6.45) is 7.45. The third kappa shape index (κ3) is 4.59. The third-order valence-electron chi connectivity index (χ3n) is 3.61.